The molecule has 2 heterocycles. The van der Waals surface area contributed by atoms with Gasteiger partial charge >= 0.3 is 18.1 Å². The molecule has 6 N–H and O–H groups in total. The first-order valence-electron chi connectivity index (χ1n) is 15.1. The number of halogens is 3. The third kappa shape index (κ3) is 10.4. The number of ether oxygens (including phenoxy) is 1. The molecule has 0 saturated carbocycles. The van der Waals surface area contributed by atoms with Crippen LogP contribution >= 0.6 is 0 Å². The Labute approximate surface area is 283 Å². The van der Waals surface area contributed by atoms with Crippen molar-refractivity contribution in [2.75, 3.05) is 6.54 Å². The molecule has 0 fully saturated rings. The highest BCUT2D eigenvalue weighted by Crippen LogP contribution is 2.21. The number of benzene rings is 3. The van der Waals surface area contributed by atoms with Crippen molar-refractivity contribution in [1.82, 2.24) is 20.0 Å². The van der Waals surface area contributed by atoms with Gasteiger partial charge in [-0.2, -0.15) is 18.3 Å². The van der Waals surface area contributed by atoms with Gasteiger partial charge in [0.2, 0.25) is 5.91 Å². The predicted molar refractivity (Wildman–Crippen MR) is 172 cm³/mol. The lowest BCUT2D eigenvalue weighted by Gasteiger charge is -2.30. The van der Waals surface area contributed by atoms with Gasteiger partial charge in [-0.05, 0) is 35.4 Å². The zero-order chi connectivity index (χ0) is 36.4. The maximum Gasteiger partial charge on any atom is 0.490 e. The number of carbonyl (C=O) groups is 4. The van der Waals surface area contributed by atoms with E-state index in [4.69, 9.17) is 30.9 Å². The van der Waals surface area contributed by atoms with Crippen molar-refractivity contribution in [3.05, 3.63) is 119 Å². The summed E-state index contributed by atoms with van der Waals surface area (Å²) >= 11 is 0. The third-order valence-electron chi connectivity index (χ3n) is 7.43. The lowest BCUT2D eigenvalue weighted by atomic mass is 10.0. The number of carboxylic acids is 2. The molecule has 1 aliphatic heterocycles. The molecule has 13 nitrogen and oxygen atoms in total. The number of hydrogen-bond acceptors (Lipinski definition) is 7. The van der Waals surface area contributed by atoms with Crippen molar-refractivity contribution in [3.8, 4) is 5.75 Å². The first kappa shape index (κ1) is 36.6. The van der Waals surface area contributed by atoms with Gasteiger partial charge < -0.3 is 30.9 Å². The number of carboxylic acid groups (broad SMARTS) is 2. The summed E-state index contributed by atoms with van der Waals surface area (Å²) in [6, 6.07) is 22.7. The van der Waals surface area contributed by atoms with Gasteiger partial charge in [-0.1, -0.05) is 54.6 Å². The molecule has 0 unspecified atom stereocenters. The van der Waals surface area contributed by atoms with Gasteiger partial charge in [0.05, 0.1) is 5.69 Å². The van der Waals surface area contributed by atoms with E-state index in [1.54, 1.807) is 35.4 Å². The van der Waals surface area contributed by atoms with Crippen molar-refractivity contribution >= 4 is 29.6 Å². The number of nitrogen functional groups attached to an aromatic ring is 1. The highest BCUT2D eigenvalue weighted by molar-refractivity contribution is 5.99. The van der Waals surface area contributed by atoms with Crippen LogP contribution in [0, 0.1) is 5.41 Å². The highest BCUT2D eigenvalue weighted by Gasteiger charge is 2.38. The average Bonchev–Trinajstić information content (AvgIpc) is 3.48. The summed E-state index contributed by atoms with van der Waals surface area (Å²) in [5.74, 6) is -3.85. The first-order chi connectivity index (χ1) is 23.7. The van der Waals surface area contributed by atoms with E-state index >= 15 is 0 Å². The Morgan fingerprint density at radius 3 is 2.14 bits per heavy atom. The number of fused-ring (bicyclic) bond motifs is 1. The molecule has 1 atom stereocenters. The second-order valence-corrected chi connectivity index (χ2v) is 11.1. The minimum absolute atomic E-state index is 0.104. The molecule has 0 saturated heterocycles. The molecule has 3 aromatic carbocycles. The Morgan fingerprint density at radius 2 is 1.56 bits per heavy atom. The molecule has 0 aliphatic carbocycles. The largest absolute Gasteiger partial charge is 0.490 e. The molecule has 4 aromatic rings. The summed E-state index contributed by atoms with van der Waals surface area (Å²) in [4.78, 5) is 48.8. The number of amidine groups is 1. The Morgan fingerprint density at radius 1 is 0.940 bits per heavy atom. The van der Waals surface area contributed by atoms with Gasteiger partial charge in [0.1, 0.15) is 30.8 Å². The van der Waals surface area contributed by atoms with Crippen molar-refractivity contribution in [3.63, 3.8) is 0 Å². The van der Waals surface area contributed by atoms with Gasteiger partial charge in [0.25, 0.3) is 5.91 Å². The summed E-state index contributed by atoms with van der Waals surface area (Å²) in [6.45, 7) is 0.828. The lowest BCUT2D eigenvalue weighted by Crippen LogP contribution is -2.50. The Bertz CT molecular complexity index is 1830. The SMILES string of the molecule is N=C(N)c1ccc(C(=O)N[C@@H](Cc2ccc(OCc3ccccc3)cc2)C(=O)N2CCc3nn(CC(=O)O)cc3C2)cc1.O=C(O)C(F)(F)F. The molecule has 1 aromatic heterocycles. The van der Waals surface area contributed by atoms with Gasteiger partial charge in [-0.25, -0.2) is 4.79 Å². The van der Waals surface area contributed by atoms with E-state index in [1.807, 2.05) is 54.6 Å². The van der Waals surface area contributed by atoms with Gasteiger partial charge in [0.15, 0.2) is 0 Å². The van der Waals surface area contributed by atoms with Crippen molar-refractivity contribution in [1.29, 1.82) is 5.41 Å². The minimum atomic E-state index is -5.08. The van der Waals surface area contributed by atoms with Crippen LogP contribution < -0.4 is 15.8 Å². The van der Waals surface area contributed by atoms with Crippen LogP contribution in [0.4, 0.5) is 13.2 Å². The van der Waals surface area contributed by atoms with E-state index in [9.17, 15) is 27.6 Å². The first-order valence-corrected chi connectivity index (χ1v) is 15.1. The predicted octanol–water partition coefficient (Wildman–Crippen LogP) is 3.39. The normalized spacial score (nSPS) is 12.8. The fourth-order valence-corrected chi connectivity index (χ4v) is 4.94. The van der Waals surface area contributed by atoms with Crippen LogP contribution in [0.2, 0.25) is 0 Å². The van der Waals surface area contributed by atoms with Crippen molar-refractivity contribution < 1.29 is 47.3 Å². The number of nitrogens with one attached hydrogen (secondary N) is 2. The van der Waals surface area contributed by atoms with Crippen LogP contribution in [0.25, 0.3) is 0 Å². The van der Waals surface area contributed by atoms with Crippen LogP contribution in [0.3, 0.4) is 0 Å². The standard InChI is InChI=1S/C32H32N6O5.C2HF3O2/c33-30(34)23-8-10-24(11-9-23)31(41)35-28(16-21-6-12-26(13-7-21)43-20-22-4-2-1-3-5-22)32(42)37-15-14-27-25(17-37)18-38(36-27)19-29(39)40;3-2(4,5)1(6)7/h1-13,18,28H,14-17,19-20H2,(H3,33,34)(H,35,41)(H,39,40);(H,6,7)/t28-;/m0./s1. The number of aromatic nitrogens is 2. The number of aliphatic carboxylic acids is 2. The maximum absolute atomic E-state index is 13.9. The molecule has 5 rings (SSSR count). The summed E-state index contributed by atoms with van der Waals surface area (Å²) in [5, 5.41) is 31.1. The van der Waals surface area contributed by atoms with E-state index < -0.39 is 30.1 Å². The van der Waals surface area contributed by atoms with Gasteiger partial charge in [0, 0.05) is 48.8 Å². The van der Waals surface area contributed by atoms with Crippen LogP contribution in [-0.2, 0) is 46.9 Å². The number of nitrogens with two attached hydrogens (primary N) is 1. The number of amides is 2. The molecule has 0 bridgehead atoms. The number of rotatable bonds is 11. The number of hydrogen-bond donors (Lipinski definition) is 5. The molecule has 0 spiro atoms. The summed E-state index contributed by atoms with van der Waals surface area (Å²) in [7, 11) is 0. The fraction of sp³-hybridized carbons (Fsp3) is 0.235. The van der Waals surface area contributed by atoms with E-state index in [2.05, 4.69) is 10.4 Å². The molecular weight excluding hydrogens is 661 g/mol. The minimum Gasteiger partial charge on any atom is -0.489 e. The molecule has 16 heteroatoms. The van der Waals surface area contributed by atoms with Crippen molar-refractivity contribution in [2.24, 2.45) is 5.73 Å². The van der Waals surface area contributed by atoms with Gasteiger partial charge in [-0.15, -0.1) is 0 Å². The summed E-state index contributed by atoms with van der Waals surface area (Å²) in [5.41, 5.74) is 9.80. The number of nitrogens with zero attached hydrogens (tertiary/aromatic N) is 3. The quantitative estimate of drug-likeness (QED) is 0.115. The van der Waals surface area contributed by atoms with Crippen LogP contribution in [-0.4, -0.2) is 73.2 Å². The maximum atomic E-state index is 13.9. The second kappa shape index (κ2) is 16.3. The van der Waals surface area contributed by atoms with Crippen LogP contribution in [0.5, 0.6) is 5.75 Å². The molecule has 262 valence electrons. The highest BCUT2D eigenvalue weighted by atomic mass is 19.4. The second-order valence-electron chi connectivity index (χ2n) is 11.1. The van der Waals surface area contributed by atoms with Crippen molar-refractivity contribution in [2.45, 2.75) is 44.8 Å². The topological polar surface area (TPSA) is 201 Å². The van der Waals surface area contributed by atoms with E-state index in [-0.39, 0.29) is 31.3 Å². The fourth-order valence-electron chi connectivity index (χ4n) is 4.94. The zero-order valence-corrected chi connectivity index (χ0v) is 26.4. The molecular formula is C34H33F3N6O7. The smallest absolute Gasteiger partial charge is 0.489 e. The third-order valence-corrected chi connectivity index (χ3v) is 7.43. The Kier molecular flexibility index (Phi) is 11.9. The monoisotopic (exact) mass is 694 g/mol. The lowest BCUT2D eigenvalue weighted by molar-refractivity contribution is -0.192. The Hall–Kier alpha value is -6.19. The molecule has 1 aliphatic rings. The Balaban J connectivity index is 0.000000727. The van der Waals surface area contributed by atoms with Crippen LogP contribution in [0.15, 0.2) is 85.1 Å². The summed E-state index contributed by atoms with van der Waals surface area (Å²) < 4.78 is 39.0. The summed E-state index contributed by atoms with van der Waals surface area (Å²) in [6.07, 6.45) is -2.70. The van der Waals surface area contributed by atoms with E-state index in [1.165, 1.54) is 4.68 Å². The van der Waals surface area contributed by atoms with Gasteiger partial charge in [-0.3, -0.25) is 24.5 Å². The van der Waals surface area contributed by atoms with Crippen LogP contribution in [0.1, 0.15) is 38.3 Å². The van der Waals surface area contributed by atoms with E-state index in [0.717, 1.165) is 22.4 Å². The molecule has 0 radical (unpaired) electrons. The molecule has 50 heavy (non-hydrogen) atoms. The zero-order valence-electron chi connectivity index (χ0n) is 26.4. The average molecular weight is 695 g/mol. The number of alkyl halides is 3. The molecule has 2 amide bonds. The number of carbonyl (C=O) groups excluding carboxylic acids is 2. The van der Waals surface area contributed by atoms with E-state index in [0.29, 0.717) is 36.4 Å².